The number of hydrazine groups is 1. The van der Waals surface area contributed by atoms with Crippen LogP contribution in [-0.4, -0.2) is 27.1 Å². The minimum Gasteiger partial charge on any atom is -0.382 e. The summed E-state index contributed by atoms with van der Waals surface area (Å²) in [5.41, 5.74) is 5.09. The first-order valence-corrected chi connectivity index (χ1v) is 9.98. The van der Waals surface area contributed by atoms with Crippen LogP contribution in [0.4, 0.5) is 5.69 Å². The number of hydrogen-bond donors (Lipinski definition) is 3. The molecule has 2 aromatic carbocycles. The normalized spacial score (nSPS) is 11.2. The van der Waals surface area contributed by atoms with Gasteiger partial charge in [0.2, 0.25) is 5.91 Å². The second-order valence-corrected chi connectivity index (χ2v) is 7.42. The Morgan fingerprint density at radius 1 is 1.08 bits per heavy atom. The molecule has 0 heterocycles. The number of hydrogen-bond acceptors (Lipinski definition) is 6. The number of nitrogens with one attached hydrogen (secondary N) is 2. The van der Waals surface area contributed by atoms with Gasteiger partial charge in [-0.25, -0.2) is 0 Å². The van der Waals surface area contributed by atoms with Gasteiger partial charge in [0.25, 0.3) is 0 Å². The monoisotopic (exact) mass is 377 g/mol. The third kappa shape index (κ3) is 6.83. The quantitative estimate of drug-likeness (QED) is 0.348. The van der Waals surface area contributed by atoms with Crippen molar-refractivity contribution in [2.45, 2.75) is 19.3 Å². The molecule has 7 nitrogen and oxygen atoms in total. The maximum atomic E-state index is 12.1. The summed E-state index contributed by atoms with van der Waals surface area (Å²) in [6.07, 6.45) is 2.38. The molecule has 0 spiro atoms. The number of aryl methyl sites for hydroxylation is 1. The number of carbonyl (C=O) groups excluding carboxylic acids is 1. The van der Waals surface area contributed by atoms with E-state index < -0.39 is 10.1 Å². The lowest BCUT2D eigenvalue weighted by Gasteiger charge is -2.10. The summed E-state index contributed by atoms with van der Waals surface area (Å²) in [7, 11) is -3.61. The van der Waals surface area contributed by atoms with Gasteiger partial charge in [0.1, 0.15) is 5.75 Å². The standard InChI is InChI=1S/C18H23N3O4S/c1-26(23,24)25-17-5-3-2-4-15(17)8-11-18(22)21-16-9-6-14(7-10-16)12-13-20-19/h2-7,9-10,20H,8,11-13,19H2,1H3,(H,21,22). The molecule has 0 radical (unpaired) electrons. The van der Waals surface area contributed by atoms with E-state index in [1.165, 1.54) is 0 Å². The fraction of sp³-hybridized carbons (Fsp3) is 0.278. The summed E-state index contributed by atoms with van der Waals surface area (Å²) in [6, 6.07) is 14.3. The molecular formula is C18H23N3O4S. The van der Waals surface area contributed by atoms with E-state index in [0.717, 1.165) is 18.2 Å². The van der Waals surface area contributed by atoms with Crippen LogP contribution in [0.5, 0.6) is 5.75 Å². The van der Waals surface area contributed by atoms with Crippen molar-refractivity contribution < 1.29 is 17.4 Å². The fourth-order valence-corrected chi connectivity index (χ4v) is 2.89. The van der Waals surface area contributed by atoms with E-state index in [4.69, 9.17) is 10.0 Å². The van der Waals surface area contributed by atoms with Gasteiger partial charge in [-0.1, -0.05) is 30.3 Å². The maximum Gasteiger partial charge on any atom is 0.306 e. The molecular weight excluding hydrogens is 354 g/mol. The highest BCUT2D eigenvalue weighted by atomic mass is 32.2. The Balaban J connectivity index is 1.91. The lowest BCUT2D eigenvalue weighted by atomic mass is 10.1. The van der Waals surface area contributed by atoms with Gasteiger partial charge < -0.3 is 9.50 Å². The van der Waals surface area contributed by atoms with Gasteiger partial charge >= 0.3 is 10.1 Å². The Morgan fingerprint density at radius 2 is 1.77 bits per heavy atom. The van der Waals surface area contributed by atoms with Crippen LogP contribution in [0.3, 0.4) is 0 Å². The van der Waals surface area contributed by atoms with Crippen LogP contribution in [0.2, 0.25) is 0 Å². The van der Waals surface area contributed by atoms with Crippen molar-refractivity contribution in [3.05, 3.63) is 59.7 Å². The highest BCUT2D eigenvalue weighted by Crippen LogP contribution is 2.21. The summed E-state index contributed by atoms with van der Waals surface area (Å²) >= 11 is 0. The van der Waals surface area contributed by atoms with E-state index in [1.54, 1.807) is 24.3 Å². The van der Waals surface area contributed by atoms with Gasteiger partial charge in [0, 0.05) is 18.7 Å². The molecule has 0 bridgehead atoms. The van der Waals surface area contributed by atoms with Crippen molar-refractivity contribution in [3.63, 3.8) is 0 Å². The van der Waals surface area contributed by atoms with Gasteiger partial charge in [-0.05, 0) is 42.2 Å². The molecule has 0 unspecified atom stereocenters. The smallest absolute Gasteiger partial charge is 0.306 e. The average Bonchev–Trinajstić information content (AvgIpc) is 2.59. The fourth-order valence-electron chi connectivity index (χ4n) is 2.40. The molecule has 0 saturated heterocycles. The molecule has 1 amide bonds. The number of nitrogens with two attached hydrogens (primary N) is 1. The third-order valence-electron chi connectivity index (χ3n) is 3.63. The topological polar surface area (TPSA) is 111 Å². The van der Waals surface area contributed by atoms with Crippen LogP contribution in [-0.2, 0) is 27.8 Å². The van der Waals surface area contributed by atoms with E-state index >= 15 is 0 Å². The van der Waals surface area contributed by atoms with E-state index in [-0.39, 0.29) is 18.1 Å². The Hall–Kier alpha value is -2.42. The third-order valence-corrected chi connectivity index (χ3v) is 4.11. The number of para-hydroxylation sites is 1. The minimum absolute atomic E-state index is 0.157. The molecule has 2 aromatic rings. The summed E-state index contributed by atoms with van der Waals surface area (Å²) in [4.78, 5) is 12.1. The summed E-state index contributed by atoms with van der Waals surface area (Å²) in [5, 5.41) is 2.82. The summed E-state index contributed by atoms with van der Waals surface area (Å²) < 4.78 is 27.6. The van der Waals surface area contributed by atoms with Gasteiger partial charge in [-0.2, -0.15) is 8.42 Å². The second-order valence-electron chi connectivity index (χ2n) is 5.84. The number of carbonyl (C=O) groups is 1. The largest absolute Gasteiger partial charge is 0.382 e. The minimum atomic E-state index is -3.61. The van der Waals surface area contributed by atoms with E-state index in [1.807, 2.05) is 24.3 Å². The highest BCUT2D eigenvalue weighted by Gasteiger charge is 2.11. The number of anilines is 1. The maximum absolute atomic E-state index is 12.1. The molecule has 8 heteroatoms. The van der Waals surface area contributed by atoms with Crippen LogP contribution in [0.15, 0.2) is 48.5 Å². The molecule has 0 fully saturated rings. The molecule has 0 aromatic heterocycles. The molecule has 2 rings (SSSR count). The van der Waals surface area contributed by atoms with Gasteiger partial charge in [0.15, 0.2) is 0 Å². The van der Waals surface area contributed by atoms with Crippen LogP contribution in [0, 0.1) is 0 Å². The van der Waals surface area contributed by atoms with Crippen molar-refractivity contribution in [1.29, 1.82) is 0 Å². The first-order valence-electron chi connectivity index (χ1n) is 8.17. The Bertz CT molecular complexity index is 836. The second kappa shape index (κ2) is 9.33. The van der Waals surface area contributed by atoms with Crippen molar-refractivity contribution in [2.75, 3.05) is 18.1 Å². The zero-order chi connectivity index (χ0) is 19.0. The van der Waals surface area contributed by atoms with Crippen LogP contribution in [0.25, 0.3) is 0 Å². The van der Waals surface area contributed by atoms with Crippen LogP contribution >= 0.6 is 0 Å². The van der Waals surface area contributed by atoms with Crippen LogP contribution < -0.4 is 20.8 Å². The molecule has 26 heavy (non-hydrogen) atoms. The molecule has 0 aliphatic carbocycles. The lowest BCUT2D eigenvalue weighted by Crippen LogP contribution is -2.24. The molecule has 4 N–H and O–H groups in total. The van der Waals surface area contributed by atoms with E-state index in [0.29, 0.717) is 24.2 Å². The lowest BCUT2D eigenvalue weighted by molar-refractivity contribution is -0.116. The number of benzene rings is 2. The predicted molar refractivity (Wildman–Crippen MR) is 101 cm³/mol. The molecule has 0 atom stereocenters. The van der Waals surface area contributed by atoms with Crippen molar-refractivity contribution in [2.24, 2.45) is 5.84 Å². The predicted octanol–water partition coefficient (Wildman–Crippen LogP) is 1.60. The number of amides is 1. The number of rotatable bonds is 9. The Morgan fingerprint density at radius 3 is 2.42 bits per heavy atom. The average molecular weight is 377 g/mol. The zero-order valence-corrected chi connectivity index (χ0v) is 15.4. The summed E-state index contributed by atoms with van der Waals surface area (Å²) in [6.45, 7) is 0.681. The molecule has 0 aliphatic rings. The van der Waals surface area contributed by atoms with Gasteiger partial charge in [-0.3, -0.25) is 16.1 Å². The zero-order valence-electron chi connectivity index (χ0n) is 14.6. The first-order chi connectivity index (χ1) is 12.4. The van der Waals surface area contributed by atoms with Gasteiger partial charge in [-0.15, -0.1) is 0 Å². The van der Waals surface area contributed by atoms with Crippen LogP contribution in [0.1, 0.15) is 17.5 Å². The van der Waals surface area contributed by atoms with Gasteiger partial charge in [0.05, 0.1) is 6.26 Å². The van der Waals surface area contributed by atoms with E-state index in [2.05, 4.69) is 10.7 Å². The molecule has 0 saturated carbocycles. The Kier molecular flexibility index (Phi) is 7.14. The van der Waals surface area contributed by atoms with Crippen molar-refractivity contribution in [3.8, 4) is 5.75 Å². The Labute approximate surface area is 153 Å². The SMILES string of the molecule is CS(=O)(=O)Oc1ccccc1CCC(=O)Nc1ccc(CCNN)cc1. The van der Waals surface area contributed by atoms with Crippen molar-refractivity contribution >= 4 is 21.7 Å². The van der Waals surface area contributed by atoms with Crippen molar-refractivity contribution in [1.82, 2.24) is 5.43 Å². The first kappa shape index (κ1) is 19.9. The van der Waals surface area contributed by atoms with E-state index in [9.17, 15) is 13.2 Å². The molecule has 140 valence electrons. The summed E-state index contributed by atoms with van der Waals surface area (Å²) in [5.74, 6) is 5.34. The molecule has 0 aliphatic heterocycles. The highest BCUT2D eigenvalue weighted by molar-refractivity contribution is 7.86.